The number of nitrogens with zero attached hydrogens (tertiary/aromatic N) is 1. The zero-order valence-corrected chi connectivity index (χ0v) is 11.9. The number of rotatable bonds is 2. The Morgan fingerprint density at radius 3 is 2.20 bits per heavy atom. The zero-order valence-electron chi connectivity index (χ0n) is 11.9. The third-order valence-corrected chi connectivity index (χ3v) is 5.78. The van der Waals surface area contributed by atoms with Crippen molar-refractivity contribution in [1.82, 2.24) is 4.98 Å². The van der Waals surface area contributed by atoms with E-state index >= 15 is 0 Å². The molecule has 0 radical (unpaired) electrons. The highest BCUT2D eigenvalue weighted by atomic mass is 16.4. The van der Waals surface area contributed by atoms with E-state index in [1.54, 1.807) is 6.07 Å². The van der Waals surface area contributed by atoms with Gasteiger partial charge in [-0.2, -0.15) is 0 Å². The van der Waals surface area contributed by atoms with Crippen LogP contribution in [0.5, 0.6) is 0 Å². The number of aromatic carboxylic acids is 1. The van der Waals surface area contributed by atoms with E-state index in [4.69, 9.17) is 4.98 Å². The SMILES string of the molecule is Cc1cc(C(=O)O)cc(C23CC4CC(CC(C4)C2)C3)n1. The first-order valence-electron chi connectivity index (χ1n) is 7.76. The molecular weight excluding hydrogens is 250 g/mol. The van der Waals surface area contributed by atoms with Gasteiger partial charge in [-0.05, 0) is 75.3 Å². The fourth-order valence-electron chi connectivity index (χ4n) is 5.49. The largest absolute Gasteiger partial charge is 0.478 e. The van der Waals surface area contributed by atoms with Gasteiger partial charge in [-0.25, -0.2) is 4.79 Å². The average molecular weight is 271 g/mol. The summed E-state index contributed by atoms with van der Waals surface area (Å²) in [7, 11) is 0. The Morgan fingerprint density at radius 1 is 1.15 bits per heavy atom. The molecule has 0 atom stereocenters. The van der Waals surface area contributed by atoms with E-state index in [2.05, 4.69) is 0 Å². The summed E-state index contributed by atoms with van der Waals surface area (Å²) in [5.41, 5.74) is 2.50. The smallest absolute Gasteiger partial charge is 0.335 e. The molecule has 4 aliphatic rings. The highest BCUT2D eigenvalue weighted by Gasteiger charge is 2.52. The Bertz CT molecular complexity index is 543. The van der Waals surface area contributed by atoms with Crippen LogP contribution in [0.3, 0.4) is 0 Å². The Morgan fingerprint density at radius 2 is 1.70 bits per heavy atom. The van der Waals surface area contributed by atoms with Crippen LogP contribution in [-0.4, -0.2) is 16.1 Å². The molecule has 0 unspecified atom stereocenters. The number of carboxylic acids is 1. The molecule has 0 aromatic carbocycles. The third kappa shape index (κ3) is 1.79. The van der Waals surface area contributed by atoms with Crippen molar-refractivity contribution in [3.63, 3.8) is 0 Å². The summed E-state index contributed by atoms with van der Waals surface area (Å²) in [4.78, 5) is 16.0. The van der Waals surface area contributed by atoms with E-state index in [1.165, 1.54) is 38.5 Å². The van der Waals surface area contributed by atoms with Crippen molar-refractivity contribution >= 4 is 5.97 Å². The van der Waals surface area contributed by atoms with Gasteiger partial charge >= 0.3 is 5.97 Å². The predicted octanol–water partition coefficient (Wildman–Crippen LogP) is 3.56. The molecule has 4 bridgehead atoms. The maximum Gasteiger partial charge on any atom is 0.335 e. The molecule has 20 heavy (non-hydrogen) atoms. The number of aryl methyl sites for hydroxylation is 1. The van der Waals surface area contributed by atoms with Gasteiger partial charge in [0, 0.05) is 16.8 Å². The lowest BCUT2D eigenvalue weighted by Crippen LogP contribution is -2.49. The van der Waals surface area contributed by atoms with Gasteiger partial charge in [0.15, 0.2) is 0 Å². The summed E-state index contributed by atoms with van der Waals surface area (Å²) in [6.45, 7) is 1.91. The highest BCUT2D eigenvalue weighted by molar-refractivity contribution is 5.87. The molecule has 0 saturated heterocycles. The molecule has 0 amide bonds. The second-order valence-corrected chi connectivity index (χ2v) is 7.39. The number of hydrogen-bond donors (Lipinski definition) is 1. The van der Waals surface area contributed by atoms with E-state index in [0.29, 0.717) is 5.56 Å². The zero-order chi connectivity index (χ0) is 13.9. The van der Waals surface area contributed by atoms with Crippen molar-refractivity contribution in [3.8, 4) is 0 Å². The minimum Gasteiger partial charge on any atom is -0.478 e. The van der Waals surface area contributed by atoms with Crippen LogP contribution in [0.2, 0.25) is 0 Å². The lowest BCUT2D eigenvalue weighted by Gasteiger charge is -2.56. The van der Waals surface area contributed by atoms with Crippen LogP contribution >= 0.6 is 0 Å². The molecule has 4 saturated carbocycles. The van der Waals surface area contributed by atoms with Crippen molar-refractivity contribution < 1.29 is 9.90 Å². The number of aromatic nitrogens is 1. The second-order valence-electron chi connectivity index (χ2n) is 7.39. The van der Waals surface area contributed by atoms with E-state index in [0.717, 1.165) is 29.1 Å². The molecule has 0 aliphatic heterocycles. The summed E-state index contributed by atoms with van der Waals surface area (Å²) in [5, 5.41) is 9.29. The standard InChI is InChI=1S/C17H21NO2/c1-10-2-14(16(19)20)6-15(18-10)17-7-11-3-12(8-17)5-13(4-11)9-17/h2,6,11-13H,3-5,7-9H2,1H3,(H,19,20). The Kier molecular flexibility index (Phi) is 2.51. The second kappa shape index (κ2) is 4.06. The Balaban J connectivity index is 1.78. The van der Waals surface area contributed by atoms with Crippen LogP contribution in [0.15, 0.2) is 12.1 Å². The molecule has 3 nitrogen and oxygen atoms in total. The first-order valence-corrected chi connectivity index (χ1v) is 7.76. The lowest BCUT2D eigenvalue weighted by atomic mass is 9.48. The quantitative estimate of drug-likeness (QED) is 0.894. The van der Waals surface area contributed by atoms with Crippen molar-refractivity contribution in [1.29, 1.82) is 0 Å². The monoisotopic (exact) mass is 271 g/mol. The minimum atomic E-state index is -0.832. The molecule has 0 spiro atoms. The predicted molar refractivity (Wildman–Crippen MR) is 75.8 cm³/mol. The van der Waals surface area contributed by atoms with Crippen LogP contribution in [-0.2, 0) is 5.41 Å². The highest BCUT2D eigenvalue weighted by Crippen LogP contribution is 2.60. The maximum atomic E-state index is 11.3. The van der Waals surface area contributed by atoms with E-state index in [-0.39, 0.29) is 5.41 Å². The number of carbonyl (C=O) groups is 1. The van der Waals surface area contributed by atoms with Crippen molar-refractivity contribution in [2.45, 2.75) is 50.9 Å². The van der Waals surface area contributed by atoms with Crippen LogP contribution in [0.25, 0.3) is 0 Å². The van der Waals surface area contributed by atoms with Gasteiger partial charge in [0.25, 0.3) is 0 Å². The molecule has 1 N–H and O–H groups in total. The Hall–Kier alpha value is -1.38. The summed E-state index contributed by atoms with van der Waals surface area (Å²) in [6, 6.07) is 3.54. The number of pyridine rings is 1. The van der Waals surface area contributed by atoms with Crippen molar-refractivity contribution in [3.05, 3.63) is 29.1 Å². The average Bonchev–Trinajstić information content (AvgIpc) is 2.36. The molecule has 1 aromatic rings. The van der Waals surface area contributed by atoms with E-state index in [1.807, 2.05) is 13.0 Å². The van der Waals surface area contributed by atoms with Gasteiger partial charge in [-0.1, -0.05) is 0 Å². The molecule has 4 aliphatic carbocycles. The van der Waals surface area contributed by atoms with Gasteiger partial charge in [-0.3, -0.25) is 4.98 Å². The third-order valence-electron chi connectivity index (χ3n) is 5.78. The molecule has 4 fully saturated rings. The van der Waals surface area contributed by atoms with Gasteiger partial charge in [-0.15, -0.1) is 0 Å². The van der Waals surface area contributed by atoms with Crippen molar-refractivity contribution in [2.24, 2.45) is 17.8 Å². The number of hydrogen-bond acceptors (Lipinski definition) is 2. The van der Waals surface area contributed by atoms with Crippen LogP contribution in [0.1, 0.15) is 60.3 Å². The molecule has 106 valence electrons. The molecule has 3 heteroatoms. The summed E-state index contributed by atoms with van der Waals surface area (Å²) < 4.78 is 0. The molecule has 5 rings (SSSR count). The summed E-state index contributed by atoms with van der Waals surface area (Å²) in [5.74, 6) is 1.74. The molecule has 1 heterocycles. The maximum absolute atomic E-state index is 11.3. The molecule has 1 aromatic heterocycles. The summed E-state index contributed by atoms with van der Waals surface area (Å²) >= 11 is 0. The van der Waals surface area contributed by atoms with Gasteiger partial charge in [0.2, 0.25) is 0 Å². The lowest BCUT2D eigenvalue weighted by molar-refractivity contribution is -0.00729. The molecular formula is C17H21NO2. The van der Waals surface area contributed by atoms with Gasteiger partial charge in [0.05, 0.1) is 5.56 Å². The van der Waals surface area contributed by atoms with Crippen LogP contribution in [0, 0.1) is 24.7 Å². The summed E-state index contributed by atoms with van der Waals surface area (Å²) in [6.07, 6.45) is 7.89. The topological polar surface area (TPSA) is 50.2 Å². The van der Waals surface area contributed by atoms with Crippen LogP contribution < -0.4 is 0 Å². The first-order chi connectivity index (χ1) is 9.54. The fourth-order valence-corrected chi connectivity index (χ4v) is 5.49. The van der Waals surface area contributed by atoms with Gasteiger partial charge in [0.1, 0.15) is 0 Å². The first kappa shape index (κ1) is 12.4. The fraction of sp³-hybridized carbons (Fsp3) is 0.647. The number of carboxylic acid groups (broad SMARTS) is 1. The van der Waals surface area contributed by atoms with Crippen LogP contribution in [0.4, 0.5) is 0 Å². The van der Waals surface area contributed by atoms with E-state index < -0.39 is 5.97 Å². The van der Waals surface area contributed by atoms with Crippen molar-refractivity contribution in [2.75, 3.05) is 0 Å². The Labute approximate surface area is 119 Å². The van der Waals surface area contributed by atoms with E-state index in [9.17, 15) is 9.90 Å². The normalized spacial score (nSPS) is 38.1. The minimum absolute atomic E-state index is 0.185. The van der Waals surface area contributed by atoms with Gasteiger partial charge < -0.3 is 5.11 Å².